The summed E-state index contributed by atoms with van der Waals surface area (Å²) in [5, 5.41) is 7.15. The van der Waals surface area contributed by atoms with E-state index in [-0.39, 0.29) is 0 Å². The zero-order valence-corrected chi connectivity index (χ0v) is 32.2. The Hall–Kier alpha value is -7.40. The van der Waals surface area contributed by atoms with Crippen molar-refractivity contribution in [2.24, 2.45) is 0 Å². The molecular formula is C54H34N2OS. The number of anilines is 3. The smallest absolute Gasteiger partial charge is 0.145 e. The lowest BCUT2D eigenvalue weighted by Crippen LogP contribution is -2.10. The SMILES string of the molecule is c1ccc(-c2ccc3c(c2)sc2cc(N(c4ccc5c(c4)c4ccccc4n5-c4ccccc4)c4ccc(-c5ccccc5)c5oc6ccccc6c45)ccc23)cc1. The van der Waals surface area contributed by atoms with Gasteiger partial charge >= 0.3 is 0 Å². The van der Waals surface area contributed by atoms with Gasteiger partial charge in [-0.1, -0.05) is 133 Å². The van der Waals surface area contributed by atoms with Gasteiger partial charge in [0.25, 0.3) is 0 Å². The molecule has 0 N–H and O–H groups in total. The Bertz CT molecular complexity index is 3510. The summed E-state index contributed by atoms with van der Waals surface area (Å²) in [4.78, 5) is 2.44. The van der Waals surface area contributed by atoms with Crippen LogP contribution in [0.2, 0.25) is 0 Å². The van der Waals surface area contributed by atoms with Crippen molar-refractivity contribution in [1.82, 2.24) is 4.57 Å². The van der Waals surface area contributed by atoms with Crippen LogP contribution in [0, 0.1) is 0 Å². The minimum absolute atomic E-state index is 0.873. The maximum Gasteiger partial charge on any atom is 0.145 e. The summed E-state index contributed by atoms with van der Waals surface area (Å²) in [6.07, 6.45) is 0. The van der Waals surface area contributed by atoms with Gasteiger partial charge in [-0.15, -0.1) is 11.3 Å². The molecule has 0 unspecified atom stereocenters. The molecule has 0 saturated heterocycles. The van der Waals surface area contributed by atoms with Crippen molar-refractivity contribution >= 4 is 92.3 Å². The predicted octanol–water partition coefficient (Wildman–Crippen LogP) is 15.9. The maximum atomic E-state index is 6.81. The van der Waals surface area contributed by atoms with E-state index in [4.69, 9.17) is 4.42 Å². The molecule has 272 valence electrons. The Morgan fingerprint density at radius 3 is 1.84 bits per heavy atom. The third kappa shape index (κ3) is 5.12. The lowest BCUT2D eigenvalue weighted by Gasteiger charge is -2.27. The summed E-state index contributed by atoms with van der Waals surface area (Å²) in [6.45, 7) is 0. The Morgan fingerprint density at radius 1 is 0.414 bits per heavy atom. The molecule has 12 aromatic rings. The van der Waals surface area contributed by atoms with Gasteiger partial charge in [0, 0.05) is 59.0 Å². The van der Waals surface area contributed by atoms with Gasteiger partial charge in [-0.25, -0.2) is 0 Å². The molecule has 0 bridgehead atoms. The lowest BCUT2D eigenvalue weighted by atomic mass is 9.99. The van der Waals surface area contributed by atoms with Gasteiger partial charge < -0.3 is 13.9 Å². The van der Waals surface area contributed by atoms with E-state index in [1.54, 1.807) is 0 Å². The van der Waals surface area contributed by atoms with Crippen molar-refractivity contribution in [1.29, 1.82) is 0 Å². The third-order valence-corrected chi connectivity index (χ3v) is 12.7. The molecule has 0 spiro atoms. The zero-order valence-electron chi connectivity index (χ0n) is 31.3. The highest BCUT2D eigenvalue weighted by atomic mass is 32.1. The standard InChI is InChI=1S/C54H34N2OS/c1-4-14-35(15-5-1)37-24-27-43-44-28-25-40(34-52(44)58-51(43)32-37)55(39-26-30-48-46(33-39)42-20-10-12-22-47(42)56(48)38-18-8-3-9-19-38)49-31-29-41(36-16-6-2-7-17-36)54-53(49)45-21-11-13-23-50(45)57-54/h1-34H. The third-order valence-electron chi connectivity index (χ3n) is 11.6. The van der Waals surface area contributed by atoms with E-state index in [1.807, 2.05) is 11.3 Å². The second-order valence-corrected chi connectivity index (χ2v) is 16.0. The molecule has 3 nitrogen and oxygen atoms in total. The van der Waals surface area contributed by atoms with Crippen LogP contribution in [-0.4, -0.2) is 4.57 Å². The Morgan fingerprint density at radius 2 is 1.03 bits per heavy atom. The van der Waals surface area contributed by atoms with Crippen molar-refractivity contribution < 1.29 is 4.42 Å². The zero-order chi connectivity index (χ0) is 38.2. The molecule has 58 heavy (non-hydrogen) atoms. The highest BCUT2D eigenvalue weighted by molar-refractivity contribution is 7.25. The average Bonchev–Trinajstić information content (AvgIpc) is 3.97. The van der Waals surface area contributed by atoms with Crippen LogP contribution in [0.1, 0.15) is 0 Å². The first-order valence-electron chi connectivity index (χ1n) is 19.7. The number of benzene rings is 9. The van der Waals surface area contributed by atoms with E-state index in [2.05, 4.69) is 216 Å². The number of para-hydroxylation sites is 3. The summed E-state index contributed by atoms with van der Waals surface area (Å²) < 4.78 is 11.7. The molecule has 3 aromatic heterocycles. The average molecular weight is 759 g/mol. The summed E-state index contributed by atoms with van der Waals surface area (Å²) in [5.41, 5.74) is 13.2. The molecule has 0 aliphatic heterocycles. The number of hydrogen-bond donors (Lipinski definition) is 0. The minimum atomic E-state index is 0.873. The number of thiophene rings is 1. The minimum Gasteiger partial charge on any atom is -0.455 e. The van der Waals surface area contributed by atoms with Gasteiger partial charge in [0.1, 0.15) is 11.2 Å². The van der Waals surface area contributed by atoms with Gasteiger partial charge in [0.05, 0.1) is 22.1 Å². The van der Waals surface area contributed by atoms with Crippen LogP contribution in [0.4, 0.5) is 17.1 Å². The topological polar surface area (TPSA) is 21.3 Å². The number of hydrogen-bond acceptors (Lipinski definition) is 3. The van der Waals surface area contributed by atoms with Crippen LogP contribution in [0.15, 0.2) is 211 Å². The van der Waals surface area contributed by atoms with E-state index < -0.39 is 0 Å². The van der Waals surface area contributed by atoms with Crippen molar-refractivity contribution in [2.75, 3.05) is 4.90 Å². The fourth-order valence-corrected chi connectivity index (χ4v) is 10.1. The molecule has 0 radical (unpaired) electrons. The van der Waals surface area contributed by atoms with Crippen LogP contribution in [-0.2, 0) is 0 Å². The number of aromatic nitrogens is 1. The highest BCUT2D eigenvalue weighted by Gasteiger charge is 2.24. The first kappa shape index (κ1) is 32.8. The maximum absolute atomic E-state index is 6.81. The summed E-state index contributed by atoms with van der Waals surface area (Å²) in [6, 6.07) is 74.3. The predicted molar refractivity (Wildman–Crippen MR) is 247 cm³/mol. The first-order valence-corrected chi connectivity index (χ1v) is 20.5. The Balaban J connectivity index is 1.13. The Labute approximate surface area is 338 Å². The molecule has 0 atom stereocenters. The molecule has 0 fully saturated rings. The lowest BCUT2D eigenvalue weighted by molar-refractivity contribution is 0.670. The Kier molecular flexibility index (Phi) is 7.40. The molecule has 4 heteroatoms. The largest absolute Gasteiger partial charge is 0.455 e. The van der Waals surface area contributed by atoms with Gasteiger partial charge in [0.2, 0.25) is 0 Å². The van der Waals surface area contributed by atoms with E-state index >= 15 is 0 Å². The summed E-state index contributed by atoms with van der Waals surface area (Å²) in [7, 11) is 0. The fourth-order valence-electron chi connectivity index (χ4n) is 8.94. The van der Waals surface area contributed by atoms with Crippen molar-refractivity contribution in [3.05, 3.63) is 206 Å². The van der Waals surface area contributed by atoms with Gasteiger partial charge in [0.15, 0.2) is 0 Å². The van der Waals surface area contributed by atoms with Crippen LogP contribution in [0.5, 0.6) is 0 Å². The molecule has 0 aliphatic carbocycles. The van der Waals surface area contributed by atoms with Gasteiger partial charge in [-0.2, -0.15) is 0 Å². The van der Waals surface area contributed by atoms with Crippen molar-refractivity contribution in [2.45, 2.75) is 0 Å². The van der Waals surface area contributed by atoms with E-state index in [0.717, 1.165) is 55.8 Å². The van der Waals surface area contributed by atoms with Crippen LogP contribution < -0.4 is 4.90 Å². The number of fused-ring (bicyclic) bond motifs is 9. The summed E-state index contributed by atoms with van der Waals surface area (Å²) >= 11 is 1.86. The second-order valence-electron chi connectivity index (χ2n) is 14.9. The quantitative estimate of drug-likeness (QED) is 0.168. The highest BCUT2D eigenvalue weighted by Crippen LogP contribution is 2.48. The molecule has 12 rings (SSSR count). The first-order chi connectivity index (χ1) is 28.8. The molecule has 3 heterocycles. The van der Waals surface area contributed by atoms with E-state index in [0.29, 0.717) is 0 Å². The molecule has 0 aliphatic rings. The van der Waals surface area contributed by atoms with E-state index in [1.165, 1.54) is 53.1 Å². The van der Waals surface area contributed by atoms with Gasteiger partial charge in [-0.05, 0) is 89.5 Å². The van der Waals surface area contributed by atoms with Crippen LogP contribution in [0.3, 0.4) is 0 Å². The van der Waals surface area contributed by atoms with Crippen molar-refractivity contribution in [3.63, 3.8) is 0 Å². The van der Waals surface area contributed by atoms with Crippen LogP contribution >= 0.6 is 11.3 Å². The number of furan rings is 1. The monoisotopic (exact) mass is 758 g/mol. The fraction of sp³-hybridized carbons (Fsp3) is 0. The number of nitrogens with zero attached hydrogens (tertiary/aromatic N) is 2. The van der Waals surface area contributed by atoms with Crippen LogP contribution in [0.25, 0.3) is 91.9 Å². The number of rotatable bonds is 6. The normalized spacial score (nSPS) is 11.8. The van der Waals surface area contributed by atoms with E-state index in [9.17, 15) is 0 Å². The molecule has 0 saturated carbocycles. The van der Waals surface area contributed by atoms with Gasteiger partial charge in [-0.3, -0.25) is 0 Å². The second kappa shape index (κ2) is 13.1. The molecule has 0 amide bonds. The summed E-state index contributed by atoms with van der Waals surface area (Å²) in [5.74, 6) is 0. The molecular weight excluding hydrogens is 725 g/mol. The van der Waals surface area contributed by atoms with Crippen molar-refractivity contribution in [3.8, 4) is 27.9 Å². The molecule has 9 aromatic carbocycles.